The van der Waals surface area contributed by atoms with Crippen LogP contribution in [-0.2, 0) is 27.6 Å². The molecule has 0 radical (unpaired) electrons. The number of halogens is 1. The normalized spacial score (nSPS) is 11.5. The van der Waals surface area contributed by atoms with Crippen LogP contribution in [0.3, 0.4) is 0 Å². The van der Waals surface area contributed by atoms with Crippen LogP contribution in [-0.4, -0.2) is 20.6 Å². The predicted octanol–water partition coefficient (Wildman–Crippen LogP) is 3.77. The Bertz CT molecular complexity index is 1230. The molecule has 0 saturated heterocycles. The van der Waals surface area contributed by atoms with Gasteiger partial charge in [-0.2, -0.15) is 0 Å². The molecule has 0 aliphatic rings. The molecular weight excluding hydrogens is 404 g/mol. The molecule has 1 aromatic heterocycles. The van der Waals surface area contributed by atoms with E-state index in [1.807, 2.05) is 6.92 Å². The molecule has 0 amide bonds. The number of benzene rings is 2. The Morgan fingerprint density at radius 3 is 2.57 bits per heavy atom. The van der Waals surface area contributed by atoms with E-state index in [0.717, 1.165) is 11.8 Å². The highest BCUT2D eigenvalue weighted by atomic mass is 35.5. The first-order chi connectivity index (χ1) is 13.2. The van der Waals surface area contributed by atoms with Crippen molar-refractivity contribution in [2.45, 2.75) is 24.8 Å². The number of carbonyl (C=O) groups excluding carboxylic acids is 1. The average molecular weight is 421 g/mol. The van der Waals surface area contributed by atoms with Gasteiger partial charge in [0.2, 0.25) is 0 Å². The summed E-state index contributed by atoms with van der Waals surface area (Å²) in [6.07, 6.45) is 1.73. The van der Waals surface area contributed by atoms with Crippen molar-refractivity contribution in [2.24, 2.45) is 0 Å². The van der Waals surface area contributed by atoms with Crippen LogP contribution in [0.1, 0.15) is 28.4 Å². The fourth-order valence-corrected chi connectivity index (χ4v) is 3.72. The molecule has 3 rings (SSSR count). The van der Waals surface area contributed by atoms with E-state index in [-0.39, 0.29) is 17.1 Å². The molecule has 28 heavy (non-hydrogen) atoms. The fourth-order valence-electron chi connectivity index (χ4n) is 2.76. The highest BCUT2D eigenvalue weighted by Gasteiger charge is 2.15. The van der Waals surface area contributed by atoms with Crippen molar-refractivity contribution >= 4 is 38.4 Å². The second-order valence-corrected chi connectivity index (χ2v) is 8.68. The average Bonchev–Trinajstić information content (AvgIpc) is 2.65. The molecule has 1 heterocycles. The van der Waals surface area contributed by atoms with Gasteiger partial charge in [-0.25, -0.2) is 18.0 Å². The van der Waals surface area contributed by atoms with Crippen LogP contribution in [0.15, 0.2) is 56.6 Å². The summed E-state index contributed by atoms with van der Waals surface area (Å²) in [5, 5.41) is 1.09. The van der Waals surface area contributed by atoms with Crippen molar-refractivity contribution in [1.29, 1.82) is 0 Å². The maximum Gasteiger partial charge on any atom is 0.338 e. The minimum Gasteiger partial charge on any atom is -0.457 e. The van der Waals surface area contributed by atoms with E-state index in [0.29, 0.717) is 28.0 Å². The lowest BCUT2D eigenvalue weighted by molar-refractivity contribution is 0.0473. The van der Waals surface area contributed by atoms with Gasteiger partial charge in [0, 0.05) is 28.3 Å². The number of carbonyl (C=O) groups is 1. The second kappa shape index (κ2) is 7.77. The van der Waals surface area contributed by atoms with Crippen LogP contribution in [0.2, 0.25) is 5.02 Å². The summed E-state index contributed by atoms with van der Waals surface area (Å²) in [6.45, 7) is 1.74. The van der Waals surface area contributed by atoms with E-state index in [1.54, 1.807) is 12.1 Å². The molecule has 0 aliphatic carbocycles. The second-order valence-electron chi connectivity index (χ2n) is 6.26. The molecule has 0 N–H and O–H groups in total. The van der Waals surface area contributed by atoms with Crippen molar-refractivity contribution in [2.75, 3.05) is 6.26 Å². The molecular formula is C20H17ClO6S. The summed E-state index contributed by atoms with van der Waals surface area (Å²) in [6, 6.07) is 10.2. The molecule has 0 unspecified atom stereocenters. The van der Waals surface area contributed by atoms with Crippen LogP contribution >= 0.6 is 11.6 Å². The van der Waals surface area contributed by atoms with Gasteiger partial charge in [-0.05, 0) is 42.3 Å². The Labute approximate surface area is 166 Å². The van der Waals surface area contributed by atoms with Crippen molar-refractivity contribution in [3.8, 4) is 0 Å². The maximum absolute atomic E-state index is 12.3. The molecule has 0 aliphatic heterocycles. The largest absolute Gasteiger partial charge is 0.457 e. The Morgan fingerprint density at radius 1 is 1.14 bits per heavy atom. The lowest BCUT2D eigenvalue weighted by Crippen LogP contribution is -2.09. The Balaban J connectivity index is 1.90. The van der Waals surface area contributed by atoms with Crippen molar-refractivity contribution < 1.29 is 22.4 Å². The van der Waals surface area contributed by atoms with E-state index in [2.05, 4.69) is 0 Å². The molecule has 0 saturated carbocycles. The predicted molar refractivity (Wildman–Crippen MR) is 106 cm³/mol. The standard InChI is InChI=1S/C20H17ClO6S/c1-3-12-8-18-16(10-17(12)21)14(9-19(22)27-18)11-26-20(23)13-5-4-6-15(7-13)28(2,24)25/h4-10H,3,11H2,1-2H3. The fraction of sp³-hybridized carbons (Fsp3) is 0.200. The van der Waals surface area contributed by atoms with Gasteiger partial charge in [0.15, 0.2) is 9.84 Å². The molecule has 0 spiro atoms. The van der Waals surface area contributed by atoms with E-state index in [9.17, 15) is 18.0 Å². The van der Waals surface area contributed by atoms with E-state index in [4.69, 9.17) is 20.8 Å². The smallest absolute Gasteiger partial charge is 0.338 e. The molecule has 6 nitrogen and oxygen atoms in total. The summed E-state index contributed by atoms with van der Waals surface area (Å²) in [4.78, 5) is 24.2. The van der Waals surface area contributed by atoms with Crippen molar-refractivity contribution in [3.63, 3.8) is 0 Å². The van der Waals surface area contributed by atoms with Crippen LogP contribution in [0.5, 0.6) is 0 Å². The van der Waals surface area contributed by atoms with Crippen LogP contribution < -0.4 is 5.63 Å². The molecule has 0 fully saturated rings. The van der Waals surface area contributed by atoms with Crippen LogP contribution in [0.4, 0.5) is 0 Å². The third kappa shape index (κ3) is 4.26. The molecule has 0 atom stereocenters. The first-order valence-electron chi connectivity index (χ1n) is 8.41. The quantitative estimate of drug-likeness (QED) is 0.461. The number of ether oxygens (including phenoxy) is 1. The summed E-state index contributed by atoms with van der Waals surface area (Å²) >= 11 is 6.25. The molecule has 3 aromatic rings. The molecule has 2 aromatic carbocycles. The van der Waals surface area contributed by atoms with Crippen LogP contribution in [0, 0.1) is 0 Å². The van der Waals surface area contributed by atoms with Crippen molar-refractivity contribution in [3.05, 3.63) is 74.6 Å². The summed E-state index contributed by atoms with van der Waals surface area (Å²) in [5.74, 6) is -0.705. The zero-order valence-electron chi connectivity index (χ0n) is 15.2. The third-order valence-corrected chi connectivity index (χ3v) is 5.70. The lowest BCUT2D eigenvalue weighted by atomic mass is 10.1. The topological polar surface area (TPSA) is 90.7 Å². The third-order valence-electron chi connectivity index (χ3n) is 4.23. The van der Waals surface area contributed by atoms with Gasteiger partial charge in [-0.3, -0.25) is 0 Å². The zero-order valence-corrected chi connectivity index (χ0v) is 16.8. The molecule has 146 valence electrons. The van der Waals surface area contributed by atoms with E-state index >= 15 is 0 Å². The summed E-state index contributed by atoms with van der Waals surface area (Å²) in [5.41, 5.74) is 1.18. The number of esters is 1. The number of sulfone groups is 1. The Morgan fingerprint density at radius 2 is 1.89 bits per heavy atom. The zero-order chi connectivity index (χ0) is 20.5. The van der Waals surface area contributed by atoms with Gasteiger partial charge in [-0.15, -0.1) is 0 Å². The van der Waals surface area contributed by atoms with Gasteiger partial charge < -0.3 is 9.15 Å². The number of fused-ring (bicyclic) bond motifs is 1. The highest BCUT2D eigenvalue weighted by molar-refractivity contribution is 7.90. The first kappa shape index (κ1) is 20.1. The minimum absolute atomic E-state index is 0.0200. The number of hydrogen-bond acceptors (Lipinski definition) is 6. The molecule has 8 heteroatoms. The maximum atomic E-state index is 12.3. The van der Waals surface area contributed by atoms with Gasteiger partial charge in [0.1, 0.15) is 12.2 Å². The van der Waals surface area contributed by atoms with Gasteiger partial charge in [-0.1, -0.05) is 24.6 Å². The number of rotatable bonds is 5. The summed E-state index contributed by atoms with van der Waals surface area (Å²) in [7, 11) is -3.45. The number of aryl methyl sites for hydroxylation is 1. The minimum atomic E-state index is -3.45. The van der Waals surface area contributed by atoms with E-state index in [1.165, 1.54) is 30.3 Å². The van der Waals surface area contributed by atoms with Gasteiger partial charge in [0.25, 0.3) is 0 Å². The highest BCUT2D eigenvalue weighted by Crippen LogP contribution is 2.26. The van der Waals surface area contributed by atoms with Gasteiger partial charge in [0.05, 0.1) is 10.5 Å². The first-order valence-corrected chi connectivity index (χ1v) is 10.7. The summed E-state index contributed by atoms with van der Waals surface area (Å²) < 4.78 is 33.8. The number of hydrogen-bond donors (Lipinski definition) is 0. The monoisotopic (exact) mass is 420 g/mol. The molecule has 0 bridgehead atoms. The van der Waals surface area contributed by atoms with Gasteiger partial charge >= 0.3 is 11.6 Å². The lowest BCUT2D eigenvalue weighted by Gasteiger charge is -2.10. The van der Waals surface area contributed by atoms with Crippen molar-refractivity contribution in [1.82, 2.24) is 0 Å². The Hall–Kier alpha value is -2.64. The SMILES string of the molecule is CCc1cc2oc(=O)cc(COC(=O)c3cccc(S(C)(=O)=O)c3)c2cc1Cl. The Kier molecular flexibility index (Phi) is 5.58. The van der Waals surface area contributed by atoms with Crippen LogP contribution in [0.25, 0.3) is 11.0 Å². The van der Waals surface area contributed by atoms with E-state index < -0.39 is 21.4 Å².